The molecule has 1 amide bonds. The van der Waals surface area contributed by atoms with Crippen LogP contribution in [0.2, 0.25) is 0 Å². The molecule has 0 saturated carbocycles. The van der Waals surface area contributed by atoms with Gasteiger partial charge in [0.25, 0.3) is 0 Å². The molecule has 0 aliphatic rings. The molecule has 0 saturated heterocycles. The van der Waals surface area contributed by atoms with Gasteiger partial charge in [0.1, 0.15) is 0 Å². The summed E-state index contributed by atoms with van der Waals surface area (Å²) in [5, 5.41) is 6.80. The van der Waals surface area contributed by atoms with Crippen molar-refractivity contribution in [2.45, 2.75) is 19.9 Å². The fourth-order valence-corrected chi connectivity index (χ4v) is 2.16. The van der Waals surface area contributed by atoms with E-state index in [0.29, 0.717) is 13.0 Å². The minimum atomic E-state index is -0.348. The first-order valence-electron chi connectivity index (χ1n) is 4.73. The van der Waals surface area contributed by atoms with E-state index in [1.165, 1.54) is 0 Å². The quantitative estimate of drug-likeness (QED) is 0.772. The van der Waals surface area contributed by atoms with Gasteiger partial charge in [-0.2, -0.15) is 11.3 Å². The lowest BCUT2D eigenvalue weighted by Gasteiger charge is -2.12. The minimum Gasteiger partial charge on any atom is -0.393 e. The lowest BCUT2D eigenvalue weighted by atomic mass is 10.1. The Kier molecular flexibility index (Phi) is 4.71. The van der Waals surface area contributed by atoms with Crippen LogP contribution in [-0.4, -0.2) is 10.9 Å². The highest BCUT2D eigenvalue weighted by atomic mass is 32.1. The molecule has 0 aromatic carbocycles. The summed E-state index contributed by atoms with van der Waals surface area (Å²) in [5.41, 5.74) is 6.57. The maximum Gasteiger partial charge on any atom is 0.230 e. The molecular formula is C10H14N2OS2. The molecule has 1 unspecified atom stereocenters. The summed E-state index contributed by atoms with van der Waals surface area (Å²) in [6.45, 7) is 2.44. The first-order chi connectivity index (χ1) is 7.15. The second-order valence-electron chi connectivity index (χ2n) is 3.21. The number of rotatable bonds is 5. The van der Waals surface area contributed by atoms with Crippen LogP contribution in [0, 0.1) is 5.92 Å². The first kappa shape index (κ1) is 12.1. The molecule has 0 fully saturated rings. The van der Waals surface area contributed by atoms with E-state index in [4.69, 9.17) is 18.0 Å². The number of nitrogens with one attached hydrogen (secondary N) is 1. The third-order valence-corrected chi connectivity index (χ3v) is 3.13. The van der Waals surface area contributed by atoms with Crippen molar-refractivity contribution in [3.63, 3.8) is 0 Å². The summed E-state index contributed by atoms with van der Waals surface area (Å²) < 4.78 is 0. The molecule has 5 heteroatoms. The van der Waals surface area contributed by atoms with Crippen molar-refractivity contribution in [3.05, 3.63) is 22.4 Å². The average molecular weight is 242 g/mol. The molecule has 3 nitrogen and oxygen atoms in total. The highest BCUT2D eigenvalue weighted by Gasteiger charge is 2.18. The summed E-state index contributed by atoms with van der Waals surface area (Å²) in [4.78, 5) is 11.9. The lowest BCUT2D eigenvalue weighted by molar-refractivity contribution is -0.123. The molecule has 0 aliphatic carbocycles. The second-order valence-corrected chi connectivity index (χ2v) is 4.46. The third-order valence-electron chi connectivity index (χ3n) is 2.12. The molecule has 15 heavy (non-hydrogen) atoms. The Morgan fingerprint density at radius 1 is 1.73 bits per heavy atom. The van der Waals surface area contributed by atoms with E-state index in [1.807, 2.05) is 23.8 Å². The predicted molar refractivity (Wildman–Crippen MR) is 66.7 cm³/mol. The van der Waals surface area contributed by atoms with E-state index in [0.717, 1.165) is 5.56 Å². The van der Waals surface area contributed by atoms with E-state index in [9.17, 15) is 4.79 Å². The Labute approximate surface area is 98.7 Å². The van der Waals surface area contributed by atoms with Crippen LogP contribution in [-0.2, 0) is 11.3 Å². The lowest BCUT2D eigenvalue weighted by Crippen LogP contribution is -2.37. The maximum absolute atomic E-state index is 11.6. The summed E-state index contributed by atoms with van der Waals surface area (Å²) in [5.74, 6) is -0.435. The summed E-state index contributed by atoms with van der Waals surface area (Å²) >= 11 is 6.44. The molecule has 1 rings (SSSR count). The van der Waals surface area contributed by atoms with E-state index in [2.05, 4.69) is 5.32 Å². The van der Waals surface area contributed by atoms with Gasteiger partial charge in [0.05, 0.1) is 10.9 Å². The first-order valence-corrected chi connectivity index (χ1v) is 6.08. The zero-order valence-electron chi connectivity index (χ0n) is 8.53. The van der Waals surface area contributed by atoms with Crippen molar-refractivity contribution in [1.82, 2.24) is 5.32 Å². The van der Waals surface area contributed by atoms with Crippen molar-refractivity contribution < 1.29 is 4.79 Å². The molecular weight excluding hydrogens is 228 g/mol. The predicted octanol–water partition coefficient (Wildman–Crippen LogP) is 1.68. The van der Waals surface area contributed by atoms with Gasteiger partial charge in [-0.1, -0.05) is 19.1 Å². The van der Waals surface area contributed by atoms with Gasteiger partial charge in [0.2, 0.25) is 5.91 Å². The molecule has 1 heterocycles. The Bertz CT molecular complexity index is 335. The number of thiocarbonyl (C=S) groups is 1. The van der Waals surface area contributed by atoms with Crippen LogP contribution in [0.5, 0.6) is 0 Å². The van der Waals surface area contributed by atoms with Gasteiger partial charge in [0.15, 0.2) is 0 Å². The standard InChI is InChI=1S/C10H14N2OS2/c1-2-8(9(11)14)10(13)12-5-7-3-4-15-6-7/h3-4,6,8H,2,5H2,1H3,(H2,11,14)(H,12,13). The molecule has 0 bridgehead atoms. The second kappa shape index (κ2) is 5.82. The van der Waals surface area contributed by atoms with Crippen LogP contribution in [0.25, 0.3) is 0 Å². The van der Waals surface area contributed by atoms with Gasteiger partial charge in [-0.05, 0) is 28.8 Å². The van der Waals surface area contributed by atoms with Gasteiger partial charge in [-0.15, -0.1) is 0 Å². The van der Waals surface area contributed by atoms with E-state index in [-0.39, 0.29) is 16.8 Å². The van der Waals surface area contributed by atoms with Gasteiger partial charge < -0.3 is 11.1 Å². The van der Waals surface area contributed by atoms with Crippen molar-refractivity contribution in [3.8, 4) is 0 Å². The Morgan fingerprint density at radius 2 is 2.47 bits per heavy atom. The SMILES string of the molecule is CCC(C(=O)NCc1ccsc1)C(N)=S. The van der Waals surface area contributed by atoms with Crippen molar-refractivity contribution >= 4 is 34.5 Å². The third kappa shape index (κ3) is 3.60. The van der Waals surface area contributed by atoms with Crippen molar-refractivity contribution in [1.29, 1.82) is 0 Å². The van der Waals surface area contributed by atoms with Gasteiger partial charge in [-0.3, -0.25) is 4.79 Å². The van der Waals surface area contributed by atoms with Crippen molar-refractivity contribution in [2.24, 2.45) is 11.7 Å². The number of nitrogens with two attached hydrogens (primary N) is 1. The molecule has 0 spiro atoms. The molecule has 3 N–H and O–H groups in total. The molecule has 82 valence electrons. The Morgan fingerprint density at radius 3 is 2.93 bits per heavy atom. The smallest absolute Gasteiger partial charge is 0.230 e. The highest BCUT2D eigenvalue weighted by Crippen LogP contribution is 2.07. The number of amides is 1. The topological polar surface area (TPSA) is 55.1 Å². The fraction of sp³-hybridized carbons (Fsp3) is 0.400. The van der Waals surface area contributed by atoms with E-state index in [1.54, 1.807) is 11.3 Å². The van der Waals surface area contributed by atoms with Crippen LogP contribution >= 0.6 is 23.6 Å². The average Bonchev–Trinajstić information content (AvgIpc) is 2.67. The molecule has 0 radical (unpaired) electrons. The van der Waals surface area contributed by atoms with Crippen LogP contribution in [0.3, 0.4) is 0 Å². The minimum absolute atomic E-state index is 0.0869. The molecule has 1 atom stereocenters. The van der Waals surface area contributed by atoms with E-state index < -0.39 is 0 Å². The van der Waals surface area contributed by atoms with Crippen molar-refractivity contribution in [2.75, 3.05) is 0 Å². The van der Waals surface area contributed by atoms with E-state index >= 15 is 0 Å². The zero-order chi connectivity index (χ0) is 11.3. The summed E-state index contributed by atoms with van der Waals surface area (Å²) in [6.07, 6.45) is 0.644. The number of carbonyl (C=O) groups is 1. The number of hydrogen-bond donors (Lipinski definition) is 2. The molecule has 1 aromatic rings. The largest absolute Gasteiger partial charge is 0.393 e. The van der Waals surface area contributed by atoms with Crippen LogP contribution < -0.4 is 11.1 Å². The van der Waals surface area contributed by atoms with Gasteiger partial charge >= 0.3 is 0 Å². The fourth-order valence-electron chi connectivity index (χ4n) is 1.22. The number of hydrogen-bond acceptors (Lipinski definition) is 3. The molecule has 0 aliphatic heterocycles. The normalized spacial score (nSPS) is 12.1. The summed E-state index contributed by atoms with van der Waals surface area (Å²) in [6, 6.07) is 1.98. The molecule has 1 aromatic heterocycles. The zero-order valence-corrected chi connectivity index (χ0v) is 10.2. The van der Waals surface area contributed by atoms with Gasteiger partial charge in [0, 0.05) is 6.54 Å². The highest BCUT2D eigenvalue weighted by molar-refractivity contribution is 7.80. The Hall–Kier alpha value is -0.940. The number of carbonyl (C=O) groups excluding carboxylic acids is 1. The summed E-state index contributed by atoms with van der Waals surface area (Å²) in [7, 11) is 0. The monoisotopic (exact) mass is 242 g/mol. The number of thiophene rings is 1. The Balaban J connectivity index is 2.44. The van der Waals surface area contributed by atoms with Crippen LogP contribution in [0.15, 0.2) is 16.8 Å². The maximum atomic E-state index is 11.6. The van der Waals surface area contributed by atoms with Gasteiger partial charge in [-0.25, -0.2) is 0 Å². The van der Waals surface area contributed by atoms with Crippen LogP contribution in [0.4, 0.5) is 0 Å². The van der Waals surface area contributed by atoms with Crippen LogP contribution in [0.1, 0.15) is 18.9 Å².